The first-order valence-electron chi connectivity index (χ1n) is 12.0. The van der Waals surface area contributed by atoms with E-state index in [1.165, 1.54) is 29.0 Å². The summed E-state index contributed by atoms with van der Waals surface area (Å²) in [4.78, 5) is 36.8. The van der Waals surface area contributed by atoms with Crippen LogP contribution in [0, 0.1) is 0 Å². The molecule has 0 bridgehead atoms. The number of halogens is 3. The lowest BCUT2D eigenvalue weighted by atomic mass is 10.1. The van der Waals surface area contributed by atoms with E-state index in [1.807, 2.05) is 0 Å². The third kappa shape index (κ3) is 5.37. The molecule has 38 heavy (non-hydrogen) atoms. The molecule has 2 amide bonds. The first-order chi connectivity index (χ1) is 17.9. The summed E-state index contributed by atoms with van der Waals surface area (Å²) in [5.41, 5.74) is 5.29. The van der Waals surface area contributed by atoms with E-state index in [-0.39, 0.29) is 60.9 Å². The molecule has 0 saturated carbocycles. The van der Waals surface area contributed by atoms with Gasteiger partial charge in [-0.2, -0.15) is 13.2 Å². The molecule has 0 aliphatic carbocycles. The molecule has 204 valence electrons. The zero-order chi connectivity index (χ0) is 27.8. The molecular formula is C25H28F3N5O5. The minimum atomic E-state index is -4.64. The molecule has 0 unspecified atom stereocenters. The highest BCUT2D eigenvalue weighted by Gasteiger charge is 2.34. The number of carbonyl (C=O) groups is 2. The lowest BCUT2D eigenvalue weighted by Gasteiger charge is -2.34. The summed E-state index contributed by atoms with van der Waals surface area (Å²) in [6.07, 6.45) is -5.34. The van der Waals surface area contributed by atoms with Crippen LogP contribution in [-0.2, 0) is 10.9 Å². The van der Waals surface area contributed by atoms with Crippen LogP contribution in [0.4, 0.5) is 18.0 Å². The van der Waals surface area contributed by atoms with Crippen molar-refractivity contribution < 1.29 is 36.7 Å². The second kappa shape index (κ2) is 10.5. The third-order valence-electron chi connectivity index (χ3n) is 5.99. The smallest absolute Gasteiger partial charge is 0.433 e. The van der Waals surface area contributed by atoms with Gasteiger partial charge in [-0.3, -0.25) is 4.79 Å². The molecular weight excluding hydrogens is 507 g/mol. The van der Waals surface area contributed by atoms with Gasteiger partial charge < -0.3 is 29.4 Å². The van der Waals surface area contributed by atoms with Crippen molar-refractivity contribution in [1.29, 1.82) is 0 Å². The highest BCUT2D eigenvalue weighted by Crippen LogP contribution is 2.37. The summed E-state index contributed by atoms with van der Waals surface area (Å²) in [5.74, 6) is -0.150. The molecule has 10 nitrogen and oxygen atoms in total. The number of aromatic nitrogens is 2. The number of benzene rings is 1. The van der Waals surface area contributed by atoms with E-state index in [2.05, 4.69) is 9.97 Å². The predicted molar refractivity (Wildman–Crippen MR) is 130 cm³/mol. The van der Waals surface area contributed by atoms with E-state index in [0.717, 1.165) is 6.07 Å². The molecule has 0 spiro atoms. The Morgan fingerprint density at radius 2 is 1.68 bits per heavy atom. The number of oxazole rings is 1. The van der Waals surface area contributed by atoms with Crippen LogP contribution < -0.4 is 10.5 Å². The average Bonchev–Trinajstić information content (AvgIpc) is 3.32. The summed E-state index contributed by atoms with van der Waals surface area (Å²) in [7, 11) is 1.33. The minimum absolute atomic E-state index is 0.00274. The van der Waals surface area contributed by atoms with Gasteiger partial charge in [0.25, 0.3) is 5.91 Å². The minimum Gasteiger partial charge on any atom is -0.494 e. The van der Waals surface area contributed by atoms with Crippen LogP contribution in [0.1, 0.15) is 48.8 Å². The number of pyridine rings is 1. The number of ether oxygens (including phenoxy) is 2. The topological polar surface area (TPSA) is 124 Å². The Morgan fingerprint density at radius 3 is 2.26 bits per heavy atom. The Hall–Kier alpha value is -3.87. The van der Waals surface area contributed by atoms with Gasteiger partial charge in [0.05, 0.1) is 19.3 Å². The van der Waals surface area contributed by atoms with Gasteiger partial charge in [0.1, 0.15) is 17.0 Å². The molecule has 1 aliphatic rings. The first kappa shape index (κ1) is 27.2. The van der Waals surface area contributed by atoms with Gasteiger partial charge in [-0.15, -0.1) is 0 Å². The average molecular weight is 536 g/mol. The Kier molecular flexibility index (Phi) is 7.49. The van der Waals surface area contributed by atoms with E-state index < -0.39 is 29.9 Å². The SMILES string of the molecule is COc1ccc(-c2nc(C(=O)N3CCN(C(=O)OC(C)C)CC3)c([C@H](C)N)o2)c2ccc(C(F)(F)F)nc12. The van der Waals surface area contributed by atoms with E-state index in [9.17, 15) is 22.8 Å². The number of nitrogens with zero attached hydrogens (tertiary/aromatic N) is 4. The largest absolute Gasteiger partial charge is 0.494 e. The van der Waals surface area contributed by atoms with Gasteiger partial charge in [-0.25, -0.2) is 14.8 Å². The molecule has 1 saturated heterocycles. The van der Waals surface area contributed by atoms with Crippen molar-refractivity contribution in [1.82, 2.24) is 19.8 Å². The number of methoxy groups -OCH3 is 1. The molecule has 13 heteroatoms. The fourth-order valence-electron chi connectivity index (χ4n) is 4.13. The molecule has 1 atom stereocenters. The third-order valence-corrected chi connectivity index (χ3v) is 5.99. The van der Waals surface area contributed by atoms with Gasteiger partial charge in [-0.1, -0.05) is 0 Å². The lowest BCUT2D eigenvalue weighted by Crippen LogP contribution is -2.51. The zero-order valence-corrected chi connectivity index (χ0v) is 21.3. The van der Waals surface area contributed by atoms with Crippen molar-refractivity contribution in [2.24, 2.45) is 5.73 Å². The summed E-state index contributed by atoms with van der Waals surface area (Å²) < 4.78 is 56.2. The van der Waals surface area contributed by atoms with E-state index in [1.54, 1.807) is 26.8 Å². The monoisotopic (exact) mass is 535 g/mol. The lowest BCUT2D eigenvalue weighted by molar-refractivity contribution is -0.140. The number of hydrogen-bond donors (Lipinski definition) is 1. The fraction of sp³-hybridized carbons (Fsp3) is 0.440. The second-order valence-electron chi connectivity index (χ2n) is 9.14. The summed E-state index contributed by atoms with van der Waals surface area (Å²) in [5, 5.41) is 0.297. The molecule has 3 heterocycles. The maximum Gasteiger partial charge on any atom is 0.433 e. The molecule has 1 aliphatic heterocycles. The first-order valence-corrected chi connectivity index (χ1v) is 12.0. The molecule has 3 aromatic rings. The van der Waals surface area contributed by atoms with Gasteiger partial charge in [-0.05, 0) is 45.0 Å². The Morgan fingerprint density at radius 1 is 1.03 bits per heavy atom. The number of fused-ring (bicyclic) bond motifs is 1. The number of piperazine rings is 1. The van der Waals surface area contributed by atoms with Crippen molar-refractivity contribution in [3.8, 4) is 17.2 Å². The van der Waals surface area contributed by atoms with E-state index in [4.69, 9.17) is 19.6 Å². The molecule has 2 aromatic heterocycles. The Labute approximate surface area is 216 Å². The second-order valence-corrected chi connectivity index (χ2v) is 9.14. The zero-order valence-electron chi connectivity index (χ0n) is 21.3. The van der Waals surface area contributed by atoms with Crippen molar-refractivity contribution in [2.45, 2.75) is 39.1 Å². The van der Waals surface area contributed by atoms with Crippen LogP contribution >= 0.6 is 0 Å². The molecule has 2 N–H and O–H groups in total. The quantitative estimate of drug-likeness (QED) is 0.515. The van der Waals surface area contributed by atoms with Crippen molar-refractivity contribution in [2.75, 3.05) is 33.3 Å². The highest BCUT2D eigenvalue weighted by atomic mass is 19.4. The molecule has 4 rings (SSSR count). The van der Waals surface area contributed by atoms with Crippen LogP contribution in [0.25, 0.3) is 22.4 Å². The maximum atomic E-state index is 13.4. The summed E-state index contributed by atoms with van der Waals surface area (Å²) in [6.45, 7) is 6.21. The number of alkyl halides is 3. The summed E-state index contributed by atoms with van der Waals surface area (Å²) in [6, 6.07) is 4.45. The standard InChI is InChI=1S/C25H28F3N5O5/c1-13(2)37-24(35)33-11-9-32(10-12-33)23(34)20-21(14(3)29)38-22(31-20)16-5-7-17(36-4)19-15(16)6-8-18(30-19)25(26,27)28/h5-8,13-14H,9-12,29H2,1-4H3/t14-/m0/s1. The van der Waals surface area contributed by atoms with E-state index >= 15 is 0 Å². The van der Waals surface area contributed by atoms with Crippen LogP contribution in [0.5, 0.6) is 5.75 Å². The van der Waals surface area contributed by atoms with Gasteiger partial charge in [0.15, 0.2) is 11.5 Å². The maximum absolute atomic E-state index is 13.4. The molecule has 1 fully saturated rings. The van der Waals surface area contributed by atoms with Gasteiger partial charge >= 0.3 is 12.3 Å². The number of rotatable bonds is 5. The molecule has 1 aromatic carbocycles. The van der Waals surface area contributed by atoms with Gasteiger partial charge in [0.2, 0.25) is 5.89 Å². The van der Waals surface area contributed by atoms with E-state index in [0.29, 0.717) is 10.9 Å². The van der Waals surface area contributed by atoms with Crippen LogP contribution in [0.2, 0.25) is 0 Å². The Balaban J connectivity index is 1.67. The van der Waals surface area contributed by atoms with Gasteiger partial charge in [0, 0.05) is 37.1 Å². The Bertz CT molecular complexity index is 1350. The normalized spacial score (nSPS) is 15.2. The van der Waals surface area contributed by atoms with Crippen molar-refractivity contribution >= 4 is 22.9 Å². The predicted octanol–water partition coefficient (Wildman–Crippen LogP) is 4.24. The summed E-state index contributed by atoms with van der Waals surface area (Å²) >= 11 is 0. The highest BCUT2D eigenvalue weighted by molar-refractivity contribution is 5.98. The molecule has 0 radical (unpaired) electrons. The van der Waals surface area contributed by atoms with Crippen LogP contribution in [0.15, 0.2) is 28.7 Å². The van der Waals surface area contributed by atoms with Crippen molar-refractivity contribution in [3.63, 3.8) is 0 Å². The number of nitrogens with two attached hydrogens (primary N) is 1. The van der Waals surface area contributed by atoms with Crippen molar-refractivity contribution in [3.05, 3.63) is 41.4 Å². The fourth-order valence-corrected chi connectivity index (χ4v) is 4.13. The van der Waals surface area contributed by atoms with Crippen LogP contribution in [0.3, 0.4) is 0 Å². The number of hydrogen-bond acceptors (Lipinski definition) is 8. The number of amides is 2. The number of carbonyl (C=O) groups excluding carboxylic acids is 2. The van der Waals surface area contributed by atoms with Crippen LogP contribution in [-0.4, -0.2) is 71.2 Å².